The maximum absolute atomic E-state index is 12.4. The molecular weight excluding hydrogens is 272 g/mol. The molecule has 6 nitrogen and oxygen atoms in total. The van der Waals surface area contributed by atoms with Crippen LogP contribution >= 0.6 is 11.6 Å². The Morgan fingerprint density at radius 2 is 2.47 bits per heavy atom. The van der Waals surface area contributed by atoms with Gasteiger partial charge < -0.3 is 18.9 Å². The van der Waals surface area contributed by atoms with Gasteiger partial charge in [-0.25, -0.2) is 0 Å². The lowest BCUT2D eigenvalue weighted by Crippen LogP contribution is -2.51. The summed E-state index contributed by atoms with van der Waals surface area (Å²) in [6, 6.07) is 1.60. The lowest BCUT2D eigenvalue weighted by Gasteiger charge is -2.36. The van der Waals surface area contributed by atoms with Crippen molar-refractivity contribution >= 4 is 17.5 Å². The van der Waals surface area contributed by atoms with Crippen LogP contribution in [0.5, 0.6) is 0 Å². The predicted octanol–water partition coefficient (Wildman–Crippen LogP) is 1.29. The van der Waals surface area contributed by atoms with Crippen molar-refractivity contribution in [3.05, 3.63) is 17.5 Å². The highest BCUT2D eigenvalue weighted by Gasteiger charge is 2.31. The molecule has 1 aliphatic heterocycles. The van der Waals surface area contributed by atoms with Crippen LogP contribution < -0.4 is 0 Å². The molecule has 7 heteroatoms. The summed E-state index contributed by atoms with van der Waals surface area (Å²) in [5.41, 5.74) is 0.286. The monoisotopic (exact) mass is 288 g/mol. The lowest BCUT2D eigenvalue weighted by molar-refractivity contribution is -0.0374. The van der Waals surface area contributed by atoms with Crippen LogP contribution in [0.15, 0.2) is 10.6 Å². The van der Waals surface area contributed by atoms with Crippen LogP contribution in [0.2, 0.25) is 0 Å². The van der Waals surface area contributed by atoms with E-state index in [1.165, 1.54) is 0 Å². The van der Waals surface area contributed by atoms with Gasteiger partial charge in [-0.3, -0.25) is 4.79 Å². The zero-order chi connectivity index (χ0) is 13.8. The van der Waals surface area contributed by atoms with Crippen molar-refractivity contribution in [2.24, 2.45) is 0 Å². The summed E-state index contributed by atoms with van der Waals surface area (Å²) in [7, 11) is 1.55. The number of amides is 1. The molecule has 19 heavy (non-hydrogen) atoms. The Balaban J connectivity index is 2.08. The molecule has 0 saturated carbocycles. The second kappa shape index (κ2) is 6.36. The number of halogens is 1. The molecule has 1 saturated heterocycles. The molecule has 1 amide bonds. The van der Waals surface area contributed by atoms with Crippen molar-refractivity contribution in [1.29, 1.82) is 0 Å². The average molecular weight is 289 g/mol. The first-order valence-corrected chi connectivity index (χ1v) is 6.62. The van der Waals surface area contributed by atoms with E-state index in [4.69, 9.17) is 25.6 Å². The number of nitrogens with zero attached hydrogens (tertiary/aromatic N) is 2. The molecule has 1 aromatic heterocycles. The van der Waals surface area contributed by atoms with E-state index in [1.807, 2.05) is 6.92 Å². The van der Waals surface area contributed by atoms with Crippen LogP contribution in [0.1, 0.15) is 23.2 Å². The highest BCUT2D eigenvalue weighted by Crippen LogP contribution is 2.16. The maximum Gasteiger partial charge on any atom is 0.276 e. The Morgan fingerprint density at radius 1 is 1.68 bits per heavy atom. The number of hydrogen-bond donors (Lipinski definition) is 0. The van der Waals surface area contributed by atoms with Crippen LogP contribution in [-0.4, -0.2) is 54.3 Å². The zero-order valence-corrected chi connectivity index (χ0v) is 11.7. The molecule has 2 heterocycles. The summed E-state index contributed by atoms with van der Waals surface area (Å²) in [4.78, 5) is 14.1. The van der Waals surface area contributed by atoms with Gasteiger partial charge in [0, 0.05) is 19.7 Å². The minimum absolute atomic E-state index is 0.00505. The highest BCUT2D eigenvalue weighted by atomic mass is 35.5. The van der Waals surface area contributed by atoms with Gasteiger partial charge in [0.25, 0.3) is 5.91 Å². The smallest absolute Gasteiger partial charge is 0.276 e. The Kier molecular flexibility index (Phi) is 4.79. The van der Waals surface area contributed by atoms with Crippen LogP contribution in [-0.2, 0) is 16.1 Å². The number of aromatic nitrogens is 1. The number of rotatable bonds is 4. The lowest BCUT2D eigenvalue weighted by atomic mass is 10.2. The highest BCUT2D eigenvalue weighted by molar-refractivity contribution is 6.18. The summed E-state index contributed by atoms with van der Waals surface area (Å²) in [5, 5.41) is 3.78. The van der Waals surface area contributed by atoms with Gasteiger partial charge in [0.1, 0.15) is 6.61 Å². The van der Waals surface area contributed by atoms with Crippen LogP contribution in [0.4, 0.5) is 0 Å². The number of hydrogen-bond acceptors (Lipinski definition) is 5. The van der Waals surface area contributed by atoms with Crippen molar-refractivity contribution < 1.29 is 18.8 Å². The zero-order valence-electron chi connectivity index (χ0n) is 11.0. The summed E-state index contributed by atoms with van der Waals surface area (Å²) >= 11 is 5.78. The second-order valence-electron chi connectivity index (χ2n) is 4.53. The third-order valence-electron chi connectivity index (χ3n) is 3.00. The van der Waals surface area contributed by atoms with Crippen molar-refractivity contribution in [2.45, 2.75) is 25.7 Å². The van der Waals surface area contributed by atoms with Crippen molar-refractivity contribution in [1.82, 2.24) is 10.1 Å². The molecule has 2 unspecified atom stereocenters. The van der Waals surface area contributed by atoms with E-state index < -0.39 is 0 Å². The van der Waals surface area contributed by atoms with Crippen molar-refractivity contribution in [3.63, 3.8) is 0 Å². The summed E-state index contributed by atoms with van der Waals surface area (Å²) in [6.45, 7) is 3.17. The van der Waals surface area contributed by atoms with E-state index in [9.17, 15) is 4.79 Å². The standard InChI is InChI=1S/C12H17ClN2O4/c1-8-6-18-10(4-13)5-15(8)12(16)11-3-9(7-17-2)19-14-11/h3,8,10H,4-7H2,1-2H3. The maximum atomic E-state index is 12.4. The summed E-state index contributed by atoms with van der Waals surface area (Å²) in [5.74, 6) is 0.724. The molecule has 1 fully saturated rings. The predicted molar refractivity (Wildman–Crippen MR) is 68.2 cm³/mol. The Bertz CT molecular complexity index is 437. The molecule has 0 aliphatic carbocycles. The van der Waals surface area contributed by atoms with Gasteiger partial charge >= 0.3 is 0 Å². The first-order valence-electron chi connectivity index (χ1n) is 6.08. The molecule has 2 atom stereocenters. The SMILES string of the molecule is COCc1cc(C(=O)N2CC(CCl)OCC2C)no1. The van der Waals surface area contributed by atoms with Gasteiger partial charge in [-0.15, -0.1) is 11.6 Å². The molecule has 1 aliphatic rings. The molecule has 0 N–H and O–H groups in total. The third-order valence-corrected chi connectivity index (χ3v) is 3.35. The first-order chi connectivity index (χ1) is 9.15. The fourth-order valence-corrected chi connectivity index (χ4v) is 2.15. The number of alkyl halides is 1. The van der Waals surface area contributed by atoms with E-state index in [1.54, 1.807) is 18.1 Å². The van der Waals surface area contributed by atoms with Gasteiger partial charge in [-0.1, -0.05) is 5.16 Å². The normalized spacial score (nSPS) is 23.6. The molecular formula is C12H17ClN2O4. The van der Waals surface area contributed by atoms with E-state index in [2.05, 4.69) is 5.16 Å². The van der Waals surface area contributed by atoms with E-state index in [0.717, 1.165) is 0 Å². The average Bonchev–Trinajstić information content (AvgIpc) is 2.88. The van der Waals surface area contributed by atoms with Gasteiger partial charge in [0.05, 0.1) is 24.6 Å². The van der Waals surface area contributed by atoms with Crippen LogP contribution in [0.3, 0.4) is 0 Å². The number of morpholine rings is 1. The second-order valence-corrected chi connectivity index (χ2v) is 4.84. The molecule has 106 valence electrons. The van der Waals surface area contributed by atoms with Crippen molar-refractivity contribution in [3.8, 4) is 0 Å². The number of carbonyl (C=O) groups excluding carboxylic acids is 1. The van der Waals surface area contributed by atoms with Crippen LogP contribution in [0, 0.1) is 0 Å². The molecule has 2 rings (SSSR count). The molecule has 0 spiro atoms. The molecule has 0 radical (unpaired) electrons. The van der Waals surface area contributed by atoms with Gasteiger partial charge in [0.15, 0.2) is 11.5 Å². The molecule has 1 aromatic rings. The first kappa shape index (κ1) is 14.3. The van der Waals surface area contributed by atoms with E-state index >= 15 is 0 Å². The fourth-order valence-electron chi connectivity index (χ4n) is 1.96. The largest absolute Gasteiger partial charge is 0.377 e. The topological polar surface area (TPSA) is 64.8 Å². The summed E-state index contributed by atoms with van der Waals surface area (Å²) < 4.78 is 15.5. The van der Waals surface area contributed by atoms with Gasteiger partial charge in [-0.2, -0.15) is 0 Å². The molecule has 0 aromatic carbocycles. The van der Waals surface area contributed by atoms with Gasteiger partial charge in [-0.05, 0) is 6.92 Å². The summed E-state index contributed by atoms with van der Waals surface area (Å²) in [6.07, 6.45) is -0.132. The third kappa shape index (κ3) is 3.26. The Hall–Kier alpha value is -1.11. The minimum Gasteiger partial charge on any atom is -0.377 e. The van der Waals surface area contributed by atoms with E-state index in [0.29, 0.717) is 31.4 Å². The van der Waals surface area contributed by atoms with Crippen molar-refractivity contribution in [2.75, 3.05) is 26.1 Å². The Labute approximate surface area is 116 Å². The Morgan fingerprint density at radius 3 is 3.16 bits per heavy atom. The molecule has 0 bridgehead atoms. The minimum atomic E-state index is -0.169. The quantitative estimate of drug-likeness (QED) is 0.781. The fraction of sp³-hybridized carbons (Fsp3) is 0.667. The number of carbonyl (C=O) groups is 1. The van der Waals surface area contributed by atoms with E-state index in [-0.39, 0.29) is 23.7 Å². The number of ether oxygens (including phenoxy) is 2. The number of methoxy groups -OCH3 is 1. The van der Waals surface area contributed by atoms with Crippen LogP contribution in [0.25, 0.3) is 0 Å². The van der Waals surface area contributed by atoms with Gasteiger partial charge in [0.2, 0.25) is 0 Å².